The first-order chi connectivity index (χ1) is 12.3. The SMILES string of the molecule is Cc1cccc2c1N[C@H]1c3ccccc3OC[C@@H]1[C@H]2c1ccccc1. The Bertz CT molecular complexity index is 918. The Morgan fingerprint density at radius 3 is 2.48 bits per heavy atom. The molecule has 0 saturated carbocycles. The minimum absolute atomic E-state index is 0.281. The van der Waals surface area contributed by atoms with E-state index in [4.69, 9.17) is 4.74 Å². The Morgan fingerprint density at radius 1 is 0.840 bits per heavy atom. The zero-order valence-electron chi connectivity index (χ0n) is 14.3. The molecule has 3 aromatic carbocycles. The molecule has 0 radical (unpaired) electrons. The summed E-state index contributed by atoms with van der Waals surface area (Å²) in [4.78, 5) is 0. The van der Waals surface area contributed by atoms with Gasteiger partial charge in [-0.25, -0.2) is 0 Å². The van der Waals surface area contributed by atoms with E-state index in [1.54, 1.807) is 0 Å². The lowest BCUT2D eigenvalue weighted by Gasteiger charge is -2.44. The lowest BCUT2D eigenvalue weighted by molar-refractivity contribution is 0.183. The van der Waals surface area contributed by atoms with Crippen molar-refractivity contribution in [2.45, 2.75) is 18.9 Å². The van der Waals surface area contributed by atoms with Crippen LogP contribution in [0.1, 0.15) is 34.2 Å². The van der Waals surface area contributed by atoms with Crippen molar-refractivity contribution in [3.05, 3.63) is 95.1 Å². The van der Waals surface area contributed by atoms with E-state index in [0.717, 1.165) is 12.4 Å². The summed E-state index contributed by atoms with van der Waals surface area (Å²) in [6.45, 7) is 2.93. The van der Waals surface area contributed by atoms with E-state index in [0.29, 0.717) is 11.8 Å². The monoisotopic (exact) mass is 327 g/mol. The van der Waals surface area contributed by atoms with Gasteiger partial charge in [-0.15, -0.1) is 0 Å². The Labute approximate surface area is 148 Å². The van der Waals surface area contributed by atoms with Crippen LogP contribution < -0.4 is 10.1 Å². The van der Waals surface area contributed by atoms with Crippen LogP contribution in [-0.2, 0) is 0 Å². The summed E-state index contributed by atoms with van der Waals surface area (Å²) < 4.78 is 6.15. The molecule has 3 aromatic rings. The molecule has 1 N–H and O–H groups in total. The van der Waals surface area contributed by atoms with Gasteiger partial charge in [-0.05, 0) is 29.7 Å². The predicted molar refractivity (Wildman–Crippen MR) is 101 cm³/mol. The molecule has 2 aliphatic heterocycles. The smallest absolute Gasteiger partial charge is 0.124 e. The van der Waals surface area contributed by atoms with Crippen LogP contribution in [-0.4, -0.2) is 6.61 Å². The van der Waals surface area contributed by atoms with Gasteiger partial charge in [0.15, 0.2) is 0 Å². The minimum atomic E-state index is 0.281. The number of ether oxygens (including phenoxy) is 1. The van der Waals surface area contributed by atoms with Gasteiger partial charge in [0.1, 0.15) is 5.75 Å². The van der Waals surface area contributed by atoms with Gasteiger partial charge in [0.05, 0.1) is 12.6 Å². The van der Waals surface area contributed by atoms with Crippen LogP contribution in [0.15, 0.2) is 72.8 Å². The lowest BCUT2D eigenvalue weighted by atomic mass is 9.71. The number of anilines is 1. The average molecular weight is 327 g/mol. The molecule has 0 spiro atoms. The molecule has 0 bridgehead atoms. The van der Waals surface area contributed by atoms with Gasteiger partial charge in [0.2, 0.25) is 0 Å². The van der Waals surface area contributed by atoms with Gasteiger partial charge >= 0.3 is 0 Å². The summed E-state index contributed by atoms with van der Waals surface area (Å²) in [6, 6.07) is 26.2. The van der Waals surface area contributed by atoms with E-state index in [9.17, 15) is 0 Å². The highest BCUT2D eigenvalue weighted by molar-refractivity contribution is 5.65. The first-order valence-corrected chi connectivity index (χ1v) is 8.95. The van der Waals surface area contributed by atoms with Crippen molar-refractivity contribution >= 4 is 5.69 Å². The Morgan fingerprint density at radius 2 is 1.60 bits per heavy atom. The Balaban J connectivity index is 1.72. The van der Waals surface area contributed by atoms with E-state index in [2.05, 4.69) is 85.0 Å². The predicted octanol–water partition coefficient (Wildman–Crippen LogP) is 5.30. The number of hydrogen-bond donors (Lipinski definition) is 1. The molecular weight excluding hydrogens is 306 g/mol. The third kappa shape index (κ3) is 2.25. The number of nitrogens with one attached hydrogen (secondary N) is 1. The molecule has 2 aliphatic rings. The highest BCUT2D eigenvalue weighted by atomic mass is 16.5. The summed E-state index contributed by atoms with van der Waals surface area (Å²) >= 11 is 0. The number of hydrogen-bond acceptors (Lipinski definition) is 2. The lowest BCUT2D eigenvalue weighted by Crippen LogP contribution is -2.39. The molecule has 0 unspecified atom stereocenters. The molecule has 0 aliphatic carbocycles. The first kappa shape index (κ1) is 14.6. The molecule has 0 fully saturated rings. The minimum Gasteiger partial charge on any atom is -0.493 e. The van der Waals surface area contributed by atoms with Crippen molar-refractivity contribution in [2.24, 2.45) is 5.92 Å². The third-order valence-electron chi connectivity index (χ3n) is 5.64. The summed E-state index contributed by atoms with van der Waals surface area (Å²) in [6.07, 6.45) is 0. The number of benzene rings is 3. The van der Waals surface area contributed by atoms with Crippen LogP contribution in [0.4, 0.5) is 5.69 Å². The molecule has 2 heterocycles. The van der Waals surface area contributed by atoms with Crippen molar-refractivity contribution in [3.8, 4) is 5.75 Å². The maximum absolute atomic E-state index is 6.15. The van der Waals surface area contributed by atoms with Crippen LogP contribution in [0.5, 0.6) is 5.75 Å². The van der Waals surface area contributed by atoms with Gasteiger partial charge in [0.25, 0.3) is 0 Å². The molecule has 25 heavy (non-hydrogen) atoms. The van der Waals surface area contributed by atoms with Gasteiger partial charge in [-0.3, -0.25) is 0 Å². The van der Waals surface area contributed by atoms with Gasteiger partial charge in [0, 0.05) is 23.1 Å². The summed E-state index contributed by atoms with van der Waals surface area (Å²) in [5.41, 5.74) is 6.62. The highest BCUT2D eigenvalue weighted by Crippen LogP contribution is 2.51. The maximum Gasteiger partial charge on any atom is 0.124 e. The van der Waals surface area contributed by atoms with Crippen molar-refractivity contribution in [1.29, 1.82) is 0 Å². The van der Waals surface area contributed by atoms with Crippen LogP contribution in [0, 0.1) is 12.8 Å². The van der Waals surface area contributed by atoms with Crippen molar-refractivity contribution < 1.29 is 4.74 Å². The molecule has 124 valence electrons. The Hall–Kier alpha value is -2.74. The molecular formula is C23H21NO. The second-order valence-corrected chi connectivity index (χ2v) is 7.06. The fraction of sp³-hybridized carbons (Fsp3) is 0.217. The Kier molecular flexibility index (Phi) is 3.30. The number of fused-ring (bicyclic) bond motifs is 4. The van der Waals surface area contributed by atoms with Crippen LogP contribution >= 0.6 is 0 Å². The normalized spacial score (nSPS) is 23.5. The van der Waals surface area contributed by atoms with E-state index in [1.807, 2.05) is 0 Å². The van der Waals surface area contributed by atoms with Crippen LogP contribution in [0.3, 0.4) is 0 Å². The van der Waals surface area contributed by atoms with Crippen molar-refractivity contribution in [2.75, 3.05) is 11.9 Å². The van der Waals surface area contributed by atoms with Gasteiger partial charge in [-0.1, -0.05) is 66.7 Å². The van der Waals surface area contributed by atoms with Crippen LogP contribution in [0.2, 0.25) is 0 Å². The van der Waals surface area contributed by atoms with E-state index >= 15 is 0 Å². The average Bonchev–Trinajstić information content (AvgIpc) is 2.67. The molecule has 0 amide bonds. The van der Waals surface area contributed by atoms with Gasteiger partial charge in [-0.2, -0.15) is 0 Å². The molecule has 2 nitrogen and oxygen atoms in total. The number of para-hydroxylation sites is 2. The number of aryl methyl sites for hydroxylation is 1. The molecule has 2 heteroatoms. The summed E-state index contributed by atoms with van der Waals surface area (Å²) in [5, 5.41) is 3.84. The van der Waals surface area contributed by atoms with Crippen molar-refractivity contribution in [3.63, 3.8) is 0 Å². The second kappa shape index (κ2) is 5.66. The van der Waals surface area contributed by atoms with E-state index in [1.165, 1.54) is 27.9 Å². The molecule has 3 atom stereocenters. The maximum atomic E-state index is 6.15. The third-order valence-corrected chi connectivity index (χ3v) is 5.64. The quantitative estimate of drug-likeness (QED) is 0.654. The van der Waals surface area contributed by atoms with E-state index in [-0.39, 0.29) is 6.04 Å². The standard InChI is InChI=1S/C23H21NO/c1-15-8-7-12-18-21(16-9-3-2-4-10-16)19-14-25-20-13-6-5-11-17(20)23(19)24-22(15)18/h2-13,19,21,23-24H,14H2,1H3/t19-,21+,23+/m1/s1. The summed E-state index contributed by atoms with van der Waals surface area (Å²) in [7, 11) is 0. The van der Waals surface area contributed by atoms with Crippen LogP contribution in [0.25, 0.3) is 0 Å². The first-order valence-electron chi connectivity index (χ1n) is 8.95. The largest absolute Gasteiger partial charge is 0.493 e. The molecule has 0 saturated heterocycles. The van der Waals surface area contributed by atoms with E-state index < -0.39 is 0 Å². The van der Waals surface area contributed by atoms with Crippen molar-refractivity contribution in [1.82, 2.24) is 0 Å². The highest BCUT2D eigenvalue weighted by Gasteiger charge is 2.42. The van der Waals surface area contributed by atoms with Gasteiger partial charge < -0.3 is 10.1 Å². The molecule has 0 aromatic heterocycles. The fourth-order valence-corrected chi connectivity index (χ4v) is 4.48. The fourth-order valence-electron chi connectivity index (χ4n) is 4.48. The summed E-state index contributed by atoms with van der Waals surface area (Å²) in [5.74, 6) is 1.74. The topological polar surface area (TPSA) is 21.3 Å². The number of rotatable bonds is 1. The second-order valence-electron chi connectivity index (χ2n) is 7.06. The zero-order chi connectivity index (χ0) is 16.8. The zero-order valence-corrected chi connectivity index (χ0v) is 14.3. The molecule has 5 rings (SSSR count).